The number of anilines is 1. The van der Waals surface area contributed by atoms with Crippen molar-refractivity contribution in [2.24, 2.45) is 0 Å². The molecule has 3 rings (SSSR count). The van der Waals surface area contributed by atoms with Crippen LogP contribution in [0.4, 0.5) is 5.82 Å². The lowest BCUT2D eigenvalue weighted by atomic mass is 10.3. The van der Waals surface area contributed by atoms with Crippen molar-refractivity contribution in [2.45, 2.75) is 6.92 Å². The van der Waals surface area contributed by atoms with Gasteiger partial charge in [-0.05, 0) is 35.0 Å². The van der Waals surface area contributed by atoms with Gasteiger partial charge >= 0.3 is 0 Å². The summed E-state index contributed by atoms with van der Waals surface area (Å²) in [4.78, 5) is 14.2. The normalized spacial score (nSPS) is 11.0. The highest BCUT2D eigenvalue weighted by Crippen LogP contribution is 2.37. The molecule has 3 aromatic rings. The van der Waals surface area contributed by atoms with Crippen molar-refractivity contribution in [1.29, 1.82) is 0 Å². The molecule has 0 aliphatic carbocycles. The lowest BCUT2D eigenvalue weighted by Crippen LogP contribution is -1.97. The fourth-order valence-electron chi connectivity index (χ4n) is 1.69. The Morgan fingerprint density at radius 1 is 1.28 bits per heavy atom. The number of halogens is 1. The maximum absolute atomic E-state index is 5.99. The van der Waals surface area contributed by atoms with E-state index < -0.39 is 0 Å². The van der Waals surface area contributed by atoms with Gasteiger partial charge in [-0.15, -0.1) is 11.3 Å². The zero-order valence-electron chi connectivity index (χ0n) is 9.51. The van der Waals surface area contributed by atoms with Gasteiger partial charge in [0.25, 0.3) is 0 Å². The van der Waals surface area contributed by atoms with E-state index in [2.05, 4.69) is 30.9 Å². The van der Waals surface area contributed by atoms with Gasteiger partial charge in [-0.2, -0.15) is 0 Å². The van der Waals surface area contributed by atoms with Crippen molar-refractivity contribution in [3.05, 3.63) is 33.7 Å². The van der Waals surface area contributed by atoms with E-state index in [9.17, 15) is 0 Å². The second kappa shape index (κ2) is 4.29. The molecule has 0 amide bonds. The second-order valence-electron chi connectivity index (χ2n) is 3.80. The average Bonchev–Trinajstić information content (AvgIpc) is 2.68. The summed E-state index contributed by atoms with van der Waals surface area (Å²) in [5.74, 6) is 1.05. The van der Waals surface area contributed by atoms with E-state index >= 15 is 0 Å². The summed E-state index contributed by atoms with van der Waals surface area (Å²) < 4.78 is 1.90. The lowest BCUT2D eigenvalue weighted by molar-refractivity contribution is 1.18. The van der Waals surface area contributed by atoms with Crippen LogP contribution in [0.15, 0.2) is 28.9 Å². The van der Waals surface area contributed by atoms with Crippen LogP contribution in [0.5, 0.6) is 0 Å². The molecule has 0 unspecified atom stereocenters. The minimum Gasteiger partial charge on any atom is -0.382 e. The highest BCUT2D eigenvalue weighted by atomic mass is 79.9. The zero-order valence-corrected chi connectivity index (χ0v) is 11.9. The van der Waals surface area contributed by atoms with Gasteiger partial charge in [-0.25, -0.2) is 9.97 Å². The van der Waals surface area contributed by atoms with E-state index in [0.717, 1.165) is 25.3 Å². The number of aryl methyl sites for hydroxylation is 1. The molecule has 0 saturated heterocycles. The van der Waals surface area contributed by atoms with Crippen LogP contribution >= 0.6 is 27.3 Å². The number of pyridine rings is 1. The highest BCUT2D eigenvalue weighted by molar-refractivity contribution is 9.10. The molecule has 0 bridgehead atoms. The van der Waals surface area contributed by atoms with Crippen LogP contribution in [0.2, 0.25) is 0 Å². The Bertz CT molecular complexity index is 724. The van der Waals surface area contributed by atoms with Crippen molar-refractivity contribution >= 4 is 43.3 Å². The first kappa shape index (κ1) is 11.6. The van der Waals surface area contributed by atoms with Gasteiger partial charge in [-0.1, -0.05) is 6.07 Å². The van der Waals surface area contributed by atoms with E-state index in [1.165, 1.54) is 0 Å². The topological polar surface area (TPSA) is 64.7 Å². The number of nitrogens with two attached hydrogens (primary N) is 1. The number of nitrogens with zero attached hydrogens (tertiary/aromatic N) is 3. The molecule has 18 heavy (non-hydrogen) atoms. The summed E-state index contributed by atoms with van der Waals surface area (Å²) in [6.45, 7) is 2.02. The van der Waals surface area contributed by atoms with Crippen LogP contribution in [0.3, 0.4) is 0 Å². The van der Waals surface area contributed by atoms with E-state index in [0.29, 0.717) is 11.6 Å². The monoisotopic (exact) mass is 320 g/mol. The van der Waals surface area contributed by atoms with E-state index in [-0.39, 0.29) is 0 Å². The van der Waals surface area contributed by atoms with Crippen LogP contribution in [-0.4, -0.2) is 15.0 Å². The quantitative estimate of drug-likeness (QED) is 0.746. The Labute approximate surface area is 116 Å². The predicted octanol–water partition coefficient (Wildman–Crippen LogP) is 3.41. The highest BCUT2D eigenvalue weighted by Gasteiger charge is 2.14. The number of hydrogen-bond acceptors (Lipinski definition) is 5. The van der Waals surface area contributed by atoms with Crippen LogP contribution in [0.1, 0.15) is 4.88 Å². The minimum absolute atomic E-state index is 0.499. The third kappa shape index (κ3) is 1.77. The van der Waals surface area contributed by atoms with Gasteiger partial charge < -0.3 is 5.73 Å². The smallest absolute Gasteiger partial charge is 0.180 e. The number of hydrogen-bond donors (Lipinski definition) is 1. The van der Waals surface area contributed by atoms with Crippen molar-refractivity contribution < 1.29 is 0 Å². The van der Waals surface area contributed by atoms with Crippen LogP contribution in [-0.2, 0) is 0 Å². The predicted molar refractivity (Wildman–Crippen MR) is 77.5 cm³/mol. The summed E-state index contributed by atoms with van der Waals surface area (Å²) in [5, 5.41) is 0. The number of aromatic nitrogens is 3. The van der Waals surface area contributed by atoms with Gasteiger partial charge in [0, 0.05) is 11.1 Å². The number of thiophene rings is 1. The standard InChI is InChI=1S/C12H9BrN4S/c1-6-8(13)9-10(18-6)11(14)17-12(16-9)7-4-2-3-5-15-7/h2-5H,1H3,(H2,14,16,17). The molecule has 90 valence electrons. The number of rotatable bonds is 1. The molecular formula is C12H9BrN4S. The van der Waals surface area contributed by atoms with Gasteiger partial charge in [0.2, 0.25) is 0 Å². The molecule has 2 N–H and O–H groups in total. The van der Waals surface area contributed by atoms with Crippen molar-refractivity contribution in [2.75, 3.05) is 5.73 Å². The van der Waals surface area contributed by atoms with Crippen molar-refractivity contribution in [3.63, 3.8) is 0 Å². The zero-order chi connectivity index (χ0) is 12.7. The summed E-state index contributed by atoms with van der Waals surface area (Å²) in [6.07, 6.45) is 1.72. The van der Waals surface area contributed by atoms with Crippen molar-refractivity contribution in [3.8, 4) is 11.5 Å². The third-order valence-corrected chi connectivity index (χ3v) is 4.91. The minimum atomic E-state index is 0.499. The molecule has 0 aromatic carbocycles. The summed E-state index contributed by atoms with van der Waals surface area (Å²) >= 11 is 5.13. The summed E-state index contributed by atoms with van der Waals surface area (Å²) in [5.41, 5.74) is 7.56. The van der Waals surface area contributed by atoms with Crippen LogP contribution < -0.4 is 5.73 Å². The van der Waals surface area contributed by atoms with Gasteiger partial charge in [0.15, 0.2) is 5.82 Å². The first-order valence-corrected chi connectivity index (χ1v) is 6.91. The molecular weight excluding hydrogens is 312 g/mol. The molecule has 3 aromatic heterocycles. The maximum atomic E-state index is 5.99. The molecule has 0 saturated carbocycles. The van der Waals surface area contributed by atoms with Crippen molar-refractivity contribution in [1.82, 2.24) is 15.0 Å². The van der Waals surface area contributed by atoms with E-state index in [1.54, 1.807) is 17.5 Å². The largest absolute Gasteiger partial charge is 0.382 e. The Hall–Kier alpha value is -1.53. The molecule has 0 spiro atoms. The molecule has 0 fully saturated rings. The molecule has 0 aliphatic rings. The Morgan fingerprint density at radius 2 is 2.11 bits per heavy atom. The van der Waals surface area contributed by atoms with E-state index in [1.807, 2.05) is 25.1 Å². The van der Waals surface area contributed by atoms with Gasteiger partial charge in [-0.3, -0.25) is 4.98 Å². The molecule has 3 heterocycles. The van der Waals surface area contributed by atoms with Crippen LogP contribution in [0.25, 0.3) is 21.7 Å². The fraction of sp³-hybridized carbons (Fsp3) is 0.0833. The SMILES string of the molecule is Cc1sc2c(N)nc(-c3ccccn3)nc2c1Br. The lowest BCUT2D eigenvalue weighted by Gasteiger charge is -2.01. The third-order valence-electron chi connectivity index (χ3n) is 2.56. The fourth-order valence-corrected chi connectivity index (χ4v) is 3.24. The summed E-state index contributed by atoms with van der Waals surface area (Å²) in [7, 11) is 0. The van der Waals surface area contributed by atoms with Crippen LogP contribution in [0, 0.1) is 6.92 Å². The molecule has 0 radical (unpaired) electrons. The average molecular weight is 321 g/mol. The Kier molecular flexibility index (Phi) is 2.76. The summed E-state index contributed by atoms with van der Waals surface area (Å²) in [6, 6.07) is 5.63. The first-order chi connectivity index (χ1) is 8.66. The number of fused-ring (bicyclic) bond motifs is 1. The van der Waals surface area contributed by atoms with Gasteiger partial charge in [0.1, 0.15) is 17.0 Å². The molecule has 6 heteroatoms. The Balaban J connectivity index is 2.30. The second-order valence-corrected chi connectivity index (χ2v) is 5.82. The Morgan fingerprint density at radius 3 is 2.83 bits per heavy atom. The van der Waals surface area contributed by atoms with E-state index in [4.69, 9.17) is 5.73 Å². The molecule has 0 aliphatic heterocycles. The van der Waals surface area contributed by atoms with Gasteiger partial charge in [0.05, 0.1) is 9.17 Å². The number of nitrogen functional groups attached to an aromatic ring is 1. The first-order valence-electron chi connectivity index (χ1n) is 5.30. The molecule has 0 atom stereocenters. The molecule has 4 nitrogen and oxygen atoms in total. The maximum Gasteiger partial charge on any atom is 0.180 e.